The molecule has 9 heteroatoms. The van der Waals surface area contributed by atoms with Crippen LogP contribution in [0.15, 0.2) is 48.5 Å². The summed E-state index contributed by atoms with van der Waals surface area (Å²) in [6.07, 6.45) is -0.879. The molecule has 3 N–H and O–H groups in total. The number of carbonyl (C=O) groups excluding carboxylic acids is 1. The predicted molar refractivity (Wildman–Crippen MR) is 119 cm³/mol. The summed E-state index contributed by atoms with van der Waals surface area (Å²) in [5, 5.41) is 8.62. The van der Waals surface area contributed by atoms with Gasteiger partial charge < -0.3 is 20.7 Å². The first-order valence-corrected chi connectivity index (χ1v) is 9.85. The summed E-state index contributed by atoms with van der Waals surface area (Å²) in [5.41, 5.74) is 2.65. The third-order valence-electron chi connectivity index (χ3n) is 3.72. The van der Waals surface area contributed by atoms with Crippen molar-refractivity contribution >= 4 is 63.7 Å². The number of hydrogen-bond acceptors (Lipinski definition) is 3. The monoisotopic (exact) mass is 459 g/mol. The Balaban J connectivity index is 1.99. The third kappa shape index (κ3) is 7.36. The van der Waals surface area contributed by atoms with Gasteiger partial charge in [0.15, 0.2) is 5.11 Å². The fourth-order valence-electron chi connectivity index (χ4n) is 2.30. The molecule has 0 aliphatic rings. The summed E-state index contributed by atoms with van der Waals surface area (Å²) in [7, 11) is 1.57. The van der Waals surface area contributed by atoms with Crippen LogP contribution in [0.1, 0.15) is 11.1 Å². The number of nitrogens with one attached hydrogen (secondary N) is 3. The van der Waals surface area contributed by atoms with E-state index in [2.05, 4.69) is 16.0 Å². The summed E-state index contributed by atoms with van der Waals surface area (Å²) >= 11 is 23.3. The van der Waals surface area contributed by atoms with Crippen molar-refractivity contribution in [1.29, 1.82) is 0 Å². The van der Waals surface area contributed by atoms with Crippen molar-refractivity contribution in [2.24, 2.45) is 0 Å². The molecule has 0 aliphatic carbocycles. The zero-order valence-corrected chi connectivity index (χ0v) is 18.3. The fourth-order valence-corrected chi connectivity index (χ4v) is 2.87. The zero-order chi connectivity index (χ0) is 20.7. The molecule has 0 spiro atoms. The zero-order valence-electron chi connectivity index (χ0n) is 15.3. The van der Waals surface area contributed by atoms with Crippen LogP contribution in [0.25, 0.3) is 0 Å². The number of ether oxygens (including phenoxy) is 1. The van der Waals surface area contributed by atoms with Crippen molar-refractivity contribution in [1.82, 2.24) is 10.6 Å². The van der Waals surface area contributed by atoms with Gasteiger partial charge in [-0.05, 0) is 36.8 Å². The molecule has 5 nitrogen and oxygen atoms in total. The number of anilines is 1. The van der Waals surface area contributed by atoms with Crippen LogP contribution in [0, 0.1) is 6.92 Å². The molecule has 0 heterocycles. The highest BCUT2D eigenvalue weighted by atomic mass is 35.6. The summed E-state index contributed by atoms with van der Waals surface area (Å²) < 4.78 is 3.35. The second-order valence-electron chi connectivity index (χ2n) is 6.03. The Morgan fingerprint density at radius 3 is 2.43 bits per heavy atom. The Morgan fingerprint density at radius 1 is 1.14 bits per heavy atom. The summed E-state index contributed by atoms with van der Waals surface area (Å²) in [6, 6.07) is 14.8. The largest absolute Gasteiger partial charge is 0.497 e. The van der Waals surface area contributed by atoms with Crippen molar-refractivity contribution in [3.05, 3.63) is 59.7 Å². The van der Waals surface area contributed by atoms with E-state index in [9.17, 15) is 4.79 Å². The first-order valence-electron chi connectivity index (χ1n) is 8.30. The smallest absolute Gasteiger partial charge is 0.228 e. The van der Waals surface area contributed by atoms with Crippen molar-refractivity contribution < 1.29 is 9.53 Å². The number of rotatable bonds is 6. The molecule has 2 aromatic carbocycles. The fraction of sp³-hybridized carbons (Fsp3) is 0.263. The normalized spacial score (nSPS) is 12.0. The molecule has 0 aliphatic heterocycles. The summed E-state index contributed by atoms with van der Waals surface area (Å²) in [5.74, 6) is 0.356. The Morgan fingerprint density at radius 2 is 1.82 bits per heavy atom. The number of thiocarbonyl (C=S) groups is 1. The van der Waals surface area contributed by atoms with Crippen molar-refractivity contribution in [2.75, 3.05) is 12.4 Å². The van der Waals surface area contributed by atoms with E-state index in [0.29, 0.717) is 11.4 Å². The van der Waals surface area contributed by atoms with Gasteiger partial charge >= 0.3 is 0 Å². The lowest BCUT2D eigenvalue weighted by Crippen LogP contribution is -2.56. The second-order valence-corrected chi connectivity index (χ2v) is 8.81. The highest BCUT2D eigenvalue weighted by Gasteiger charge is 2.34. The van der Waals surface area contributed by atoms with Gasteiger partial charge in [-0.3, -0.25) is 4.79 Å². The number of benzene rings is 2. The van der Waals surface area contributed by atoms with Crippen LogP contribution in [-0.4, -0.2) is 28.1 Å². The molecule has 2 aromatic rings. The van der Waals surface area contributed by atoms with Gasteiger partial charge in [0.1, 0.15) is 11.9 Å². The Labute approximate surface area is 184 Å². The number of aryl methyl sites for hydroxylation is 1. The molecule has 1 atom stereocenters. The van der Waals surface area contributed by atoms with E-state index in [1.165, 1.54) is 0 Å². The van der Waals surface area contributed by atoms with Crippen LogP contribution in [-0.2, 0) is 11.2 Å². The highest BCUT2D eigenvalue weighted by Crippen LogP contribution is 2.29. The number of hydrogen-bond donors (Lipinski definition) is 3. The molecule has 0 aromatic heterocycles. The second kappa shape index (κ2) is 10.2. The maximum absolute atomic E-state index is 12.4. The topological polar surface area (TPSA) is 62.4 Å². The Kier molecular flexibility index (Phi) is 8.19. The van der Waals surface area contributed by atoms with Crippen LogP contribution in [0.3, 0.4) is 0 Å². The van der Waals surface area contributed by atoms with Gasteiger partial charge in [-0.15, -0.1) is 0 Å². The van der Waals surface area contributed by atoms with Crippen LogP contribution >= 0.6 is 47.0 Å². The van der Waals surface area contributed by atoms with Crippen LogP contribution in [0.4, 0.5) is 5.69 Å². The average Bonchev–Trinajstić information content (AvgIpc) is 2.62. The molecule has 1 amide bonds. The number of halogens is 3. The van der Waals surface area contributed by atoms with Crippen molar-refractivity contribution in [3.8, 4) is 5.75 Å². The standard InChI is InChI=1S/C19H20Cl3N3O2S/c1-12-6-8-13(9-7-12)10-16(26)24-17(19(20,21)22)25-18(28)23-14-4-3-5-15(11-14)27-2/h3-9,11,17H,10H2,1-2H3,(H,24,26)(H2,23,25,28). The van der Waals surface area contributed by atoms with Crippen molar-refractivity contribution in [3.63, 3.8) is 0 Å². The maximum atomic E-state index is 12.4. The molecule has 0 saturated carbocycles. The molecule has 0 fully saturated rings. The minimum absolute atomic E-state index is 0.148. The minimum Gasteiger partial charge on any atom is -0.497 e. The van der Waals surface area contributed by atoms with E-state index < -0.39 is 9.96 Å². The van der Waals surface area contributed by atoms with Gasteiger partial charge in [-0.2, -0.15) is 0 Å². The van der Waals surface area contributed by atoms with E-state index in [1.807, 2.05) is 31.2 Å². The SMILES string of the molecule is COc1cccc(NC(=S)NC(NC(=O)Cc2ccc(C)cc2)C(Cl)(Cl)Cl)c1. The molecule has 0 bridgehead atoms. The van der Waals surface area contributed by atoms with E-state index in [4.69, 9.17) is 51.8 Å². The molecule has 28 heavy (non-hydrogen) atoms. The number of carbonyl (C=O) groups is 1. The Hall–Kier alpha value is -1.73. The lowest BCUT2D eigenvalue weighted by Gasteiger charge is -2.28. The summed E-state index contributed by atoms with van der Waals surface area (Å²) in [6.45, 7) is 1.98. The number of amides is 1. The van der Waals surface area contributed by atoms with Gasteiger partial charge in [-0.25, -0.2) is 0 Å². The van der Waals surface area contributed by atoms with Gasteiger partial charge in [0.05, 0.1) is 13.5 Å². The molecule has 150 valence electrons. The van der Waals surface area contributed by atoms with Crippen LogP contribution in [0.5, 0.6) is 5.75 Å². The van der Waals surface area contributed by atoms with Gasteiger partial charge in [0.25, 0.3) is 0 Å². The van der Waals surface area contributed by atoms with E-state index in [-0.39, 0.29) is 17.4 Å². The van der Waals surface area contributed by atoms with Crippen LogP contribution in [0.2, 0.25) is 0 Å². The minimum atomic E-state index is -1.82. The van der Waals surface area contributed by atoms with Crippen molar-refractivity contribution in [2.45, 2.75) is 23.3 Å². The van der Waals surface area contributed by atoms with E-state index in [0.717, 1.165) is 11.1 Å². The molecule has 2 rings (SSSR count). The van der Waals surface area contributed by atoms with E-state index >= 15 is 0 Å². The first kappa shape index (κ1) is 22.6. The quantitative estimate of drug-likeness (QED) is 0.340. The van der Waals surface area contributed by atoms with Crippen LogP contribution < -0.4 is 20.7 Å². The average molecular weight is 461 g/mol. The maximum Gasteiger partial charge on any atom is 0.228 e. The predicted octanol–water partition coefficient (Wildman–Crippen LogP) is 4.35. The van der Waals surface area contributed by atoms with Gasteiger partial charge in [-0.1, -0.05) is 70.7 Å². The number of alkyl halides is 3. The summed E-state index contributed by atoms with van der Waals surface area (Å²) in [4.78, 5) is 12.4. The highest BCUT2D eigenvalue weighted by molar-refractivity contribution is 7.80. The van der Waals surface area contributed by atoms with Gasteiger partial charge in [0.2, 0.25) is 9.70 Å². The Bertz CT molecular complexity index is 826. The lowest BCUT2D eigenvalue weighted by molar-refractivity contribution is -0.121. The lowest BCUT2D eigenvalue weighted by atomic mass is 10.1. The molecule has 1 unspecified atom stereocenters. The molecular formula is C19H20Cl3N3O2S. The number of methoxy groups -OCH3 is 1. The molecular weight excluding hydrogens is 441 g/mol. The molecule has 0 radical (unpaired) electrons. The molecule has 0 saturated heterocycles. The third-order valence-corrected chi connectivity index (χ3v) is 4.60. The van der Waals surface area contributed by atoms with E-state index in [1.54, 1.807) is 31.4 Å². The van der Waals surface area contributed by atoms with Gasteiger partial charge in [0, 0.05) is 11.8 Å². The first-order chi connectivity index (χ1) is 13.2.